The fourth-order valence-corrected chi connectivity index (χ4v) is 1.95. The zero-order chi connectivity index (χ0) is 12.8. The number of hydrogen-bond acceptors (Lipinski definition) is 2. The van der Waals surface area contributed by atoms with Crippen molar-refractivity contribution in [2.24, 2.45) is 0 Å². The number of anilines is 1. The van der Waals surface area contributed by atoms with Crippen LogP contribution in [-0.2, 0) is 11.2 Å². The zero-order valence-corrected chi connectivity index (χ0v) is 11.1. The van der Waals surface area contributed by atoms with Gasteiger partial charge in [-0.1, -0.05) is 26.8 Å². The highest BCUT2D eigenvalue weighted by Crippen LogP contribution is 2.30. The van der Waals surface area contributed by atoms with Crippen molar-refractivity contribution >= 4 is 5.69 Å². The number of rotatable bonds is 6. The molecule has 0 heterocycles. The van der Waals surface area contributed by atoms with E-state index in [9.17, 15) is 4.39 Å². The molecule has 0 aromatic heterocycles. The Morgan fingerprint density at radius 1 is 1.35 bits per heavy atom. The molecule has 0 aliphatic carbocycles. The summed E-state index contributed by atoms with van der Waals surface area (Å²) in [5.41, 5.74) is 2.88. The van der Waals surface area contributed by atoms with Gasteiger partial charge in [0.2, 0.25) is 0 Å². The number of ether oxygens (including phenoxy) is 1. The lowest BCUT2D eigenvalue weighted by atomic mass is 9.96. The summed E-state index contributed by atoms with van der Waals surface area (Å²) in [6.45, 7) is 7.54. The van der Waals surface area contributed by atoms with Crippen molar-refractivity contribution in [3.8, 4) is 0 Å². The number of halogens is 1. The Hall–Kier alpha value is -1.09. The first-order chi connectivity index (χ1) is 8.11. The Morgan fingerprint density at radius 2 is 2.06 bits per heavy atom. The second-order valence-corrected chi connectivity index (χ2v) is 4.42. The van der Waals surface area contributed by atoms with E-state index in [2.05, 4.69) is 19.2 Å². The first-order valence-corrected chi connectivity index (χ1v) is 6.15. The predicted molar refractivity (Wildman–Crippen MR) is 70.2 cm³/mol. The molecule has 17 heavy (non-hydrogen) atoms. The van der Waals surface area contributed by atoms with Crippen molar-refractivity contribution in [3.63, 3.8) is 0 Å². The molecule has 0 aliphatic heterocycles. The molecule has 0 aliphatic rings. The topological polar surface area (TPSA) is 21.3 Å². The fraction of sp³-hybridized carbons (Fsp3) is 0.571. The third-order valence-electron chi connectivity index (χ3n) is 2.87. The average molecular weight is 239 g/mol. The normalized spacial score (nSPS) is 10.9. The molecule has 0 fully saturated rings. The van der Waals surface area contributed by atoms with Crippen molar-refractivity contribution in [3.05, 3.63) is 29.1 Å². The van der Waals surface area contributed by atoms with E-state index in [0.717, 1.165) is 11.3 Å². The molecule has 1 rings (SSSR count). The van der Waals surface area contributed by atoms with Crippen LogP contribution in [0.5, 0.6) is 0 Å². The van der Waals surface area contributed by atoms with Crippen LogP contribution in [0, 0.1) is 5.82 Å². The molecule has 0 radical (unpaired) electrons. The first kappa shape index (κ1) is 14.0. The first-order valence-electron chi connectivity index (χ1n) is 6.15. The minimum absolute atomic E-state index is 0.128. The number of hydrogen-bond donors (Lipinski definition) is 1. The van der Waals surface area contributed by atoms with Gasteiger partial charge in [0.1, 0.15) is 5.82 Å². The van der Waals surface area contributed by atoms with E-state index < -0.39 is 0 Å². The number of nitrogens with one attached hydrogen (secondary N) is 1. The van der Waals surface area contributed by atoms with Crippen LogP contribution < -0.4 is 5.32 Å². The van der Waals surface area contributed by atoms with E-state index in [0.29, 0.717) is 25.5 Å². The Balaban J connectivity index is 3.05. The molecule has 0 saturated heterocycles. The van der Waals surface area contributed by atoms with Crippen molar-refractivity contribution in [1.29, 1.82) is 0 Å². The van der Waals surface area contributed by atoms with Gasteiger partial charge in [-0.2, -0.15) is 0 Å². The monoisotopic (exact) mass is 239 g/mol. The summed E-state index contributed by atoms with van der Waals surface area (Å²) >= 11 is 0. The van der Waals surface area contributed by atoms with Crippen LogP contribution in [-0.4, -0.2) is 20.3 Å². The Morgan fingerprint density at radius 3 is 2.59 bits per heavy atom. The smallest absolute Gasteiger partial charge is 0.128 e. The van der Waals surface area contributed by atoms with Gasteiger partial charge in [-0.15, -0.1) is 0 Å². The van der Waals surface area contributed by atoms with Crippen LogP contribution in [0.25, 0.3) is 0 Å². The lowest BCUT2D eigenvalue weighted by molar-refractivity contribution is 0.210. The molecule has 1 N–H and O–H groups in total. The van der Waals surface area contributed by atoms with Crippen molar-refractivity contribution in [2.75, 3.05) is 25.6 Å². The average Bonchev–Trinajstić information content (AvgIpc) is 2.29. The lowest BCUT2D eigenvalue weighted by Gasteiger charge is -2.18. The van der Waals surface area contributed by atoms with Crippen LogP contribution in [0.4, 0.5) is 10.1 Å². The van der Waals surface area contributed by atoms with Gasteiger partial charge in [0.05, 0.1) is 6.61 Å². The number of benzene rings is 1. The van der Waals surface area contributed by atoms with E-state index >= 15 is 0 Å². The van der Waals surface area contributed by atoms with E-state index in [1.54, 1.807) is 13.2 Å². The largest absolute Gasteiger partial charge is 0.383 e. The third kappa shape index (κ3) is 3.43. The van der Waals surface area contributed by atoms with E-state index in [1.807, 2.05) is 13.0 Å². The highest BCUT2D eigenvalue weighted by atomic mass is 19.1. The Labute approximate surface area is 103 Å². The Bertz CT molecular complexity index is 363. The van der Waals surface area contributed by atoms with Gasteiger partial charge < -0.3 is 10.1 Å². The molecule has 0 unspecified atom stereocenters. The fourth-order valence-electron chi connectivity index (χ4n) is 1.95. The van der Waals surface area contributed by atoms with Gasteiger partial charge in [0, 0.05) is 24.9 Å². The van der Waals surface area contributed by atoms with E-state index in [-0.39, 0.29) is 5.82 Å². The molecule has 0 amide bonds. The molecule has 0 atom stereocenters. The maximum Gasteiger partial charge on any atom is 0.128 e. The van der Waals surface area contributed by atoms with Crippen molar-refractivity contribution in [2.45, 2.75) is 33.1 Å². The maximum atomic E-state index is 13.7. The van der Waals surface area contributed by atoms with Gasteiger partial charge in [0.15, 0.2) is 0 Å². The van der Waals surface area contributed by atoms with Crippen LogP contribution in [0.1, 0.15) is 37.8 Å². The van der Waals surface area contributed by atoms with E-state index in [1.165, 1.54) is 5.56 Å². The van der Waals surface area contributed by atoms with Crippen molar-refractivity contribution in [1.82, 2.24) is 0 Å². The van der Waals surface area contributed by atoms with Crippen LogP contribution in [0.2, 0.25) is 0 Å². The zero-order valence-electron chi connectivity index (χ0n) is 11.1. The molecule has 1 aromatic rings. The molecule has 1 aromatic carbocycles. The molecular weight excluding hydrogens is 217 g/mol. The van der Waals surface area contributed by atoms with Crippen LogP contribution in [0.15, 0.2) is 12.1 Å². The molecule has 0 bridgehead atoms. The van der Waals surface area contributed by atoms with Gasteiger partial charge in [-0.3, -0.25) is 0 Å². The molecule has 96 valence electrons. The Kier molecular flexibility index (Phi) is 5.42. The van der Waals surface area contributed by atoms with Gasteiger partial charge in [-0.05, 0) is 24.0 Å². The molecule has 0 spiro atoms. The van der Waals surface area contributed by atoms with Gasteiger partial charge in [-0.25, -0.2) is 4.39 Å². The summed E-state index contributed by atoms with van der Waals surface area (Å²) in [6, 6.07) is 3.43. The van der Waals surface area contributed by atoms with Gasteiger partial charge >= 0.3 is 0 Å². The number of methoxy groups -OCH3 is 1. The van der Waals surface area contributed by atoms with Crippen LogP contribution >= 0.6 is 0 Å². The van der Waals surface area contributed by atoms with E-state index in [4.69, 9.17) is 4.74 Å². The SMILES string of the molecule is CCc1c(F)ccc(C(C)C)c1NCCOC. The van der Waals surface area contributed by atoms with Crippen LogP contribution in [0.3, 0.4) is 0 Å². The molecule has 0 saturated carbocycles. The lowest BCUT2D eigenvalue weighted by Crippen LogP contribution is -2.12. The molecule has 2 nitrogen and oxygen atoms in total. The summed E-state index contributed by atoms with van der Waals surface area (Å²) in [4.78, 5) is 0. The minimum atomic E-state index is -0.128. The quantitative estimate of drug-likeness (QED) is 0.766. The maximum absolute atomic E-state index is 13.7. The van der Waals surface area contributed by atoms with Gasteiger partial charge in [0.25, 0.3) is 0 Å². The highest BCUT2D eigenvalue weighted by Gasteiger charge is 2.13. The third-order valence-corrected chi connectivity index (χ3v) is 2.87. The highest BCUT2D eigenvalue weighted by molar-refractivity contribution is 5.59. The molecule has 3 heteroatoms. The standard InChI is InChI=1S/C14H22FNO/c1-5-11-13(15)7-6-12(10(2)3)14(11)16-8-9-17-4/h6-7,10,16H,5,8-9H2,1-4H3. The summed E-state index contributed by atoms with van der Waals surface area (Å²) in [5, 5.41) is 3.29. The predicted octanol–water partition coefficient (Wildman–Crippen LogP) is 3.57. The van der Waals surface area contributed by atoms with Crippen molar-refractivity contribution < 1.29 is 9.13 Å². The second-order valence-electron chi connectivity index (χ2n) is 4.42. The second kappa shape index (κ2) is 6.60. The summed E-state index contributed by atoms with van der Waals surface area (Å²) in [6.07, 6.45) is 0.696. The minimum Gasteiger partial charge on any atom is -0.383 e. The summed E-state index contributed by atoms with van der Waals surface area (Å²) in [5.74, 6) is 0.253. The summed E-state index contributed by atoms with van der Waals surface area (Å²) in [7, 11) is 1.66. The summed E-state index contributed by atoms with van der Waals surface area (Å²) < 4.78 is 18.7. The molecular formula is C14H22FNO.